The topological polar surface area (TPSA) is 36.7 Å². The van der Waals surface area contributed by atoms with Crippen LogP contribution in [-0.4, -0.2) is 4.98 Å². The maximum absolute atomic E-state index is 9.70. The number of pyridine rings is 1. The Morgan fingerprint density at radius 2 is 1.36 bits per heavy atom. The second-order valence-corrected chi connectivity index (χ2v) is 11.3. The summed E-state index contributed by atoms with van der Waals surface area (Å²) in [4.78, 5) is 4.87. The largest absolute Gasteiger partial charge is 0.242 e. The smallest absolute Gasteiger partial charge is 0.143 e. The molecule has 0 spiro atoms. The normalized spacial score (nSPS) is 25.6. The molecule has 3 rings (SSSR count). The van der Waals surface area contributed by atoms with Gasteiger partial charge in [0, 0.05) is 11.6 Å². The van der Waals surface area contributed by atoms with Crippen molar-refractivity contribution in [3.05, 3.63) is 29.1 Å². The van der Waals surface area contributed by atoms with Gasteiger partial charge >= 0.3 is 0 Å². The second-order valence-electron chi connectivity index (χ2n) is 11.3. The zero-order chi connectivity index (χ0) is 23.3. The summed E-state index contributed by atoms with van der Waals surface area (Å²) >= 11 is 0. The predicted octanol–water partition coefficient (Wildman–Crippen LogP) is 9.52. The first-order valence-corrected chi connectivity index (χ1v) is 14.6. The van der Waals surface area contributed by atoms with Gasteiger partial charge < -0.3 is 0 Å². The number of hydrogen-bond donors (Lipinski definition) is 0. The van der Waals surface area contributed by atoms with Gasteiger partial charge in [0.1, 0.15) is 11.8 Å². The van der Waals surface area contributed by atoms with Gasteiger partial charge in [-0.2, -0.15) is 5.26 Å². The van der Waals surface area contributed by atoms with E-state index in [-0.39, 0.29) is 0 Å². The Bertz CT molecular complexity index is 702. The molecule has 0 radical (unpaired) electrons. The van der Waals surface area contributed by atoms with Crippen molar-refractivity contribution in [1.29, 1.82) is 5.26 Å². The van der Waals surface area contributed by atoms with E-state index in [4.69, 9.17) is 4.98 Å². The monoisotopic (exact) mass is 450 g/mol. The standard InChI is InChI=1S/C31H50N2/c1-3-5-7-8-9-11-13-28-22-23-30(33-31(28)24-32)29-20-18-27(19-21-29)26-16-14-25(15-17-26)12-10-6-4-2/h22-23,25-27,29H,3-21H2,1-2H3. The van der Waals surface area contributed by atoms with E-state index in [0.717, 1.165) is 24.2 Å². The van der Waals surface area contributed by atoms with Gasteiger partial charge in [0.25, 0.3) is 0 Å². The van der Waals surface area contributed by atoms with Crippen LogP contribution in [0.4, 0.5) is 0 Å². The average molecular weight is 451 g/mol. The minimum atomic E-state index is 0.571. The van der Waals surface area contributed by atoms with Gasteiger partial charge in [-0.15, -0.1) is 0 Å². The van der Waals surface area contributed by atoms with Crippen LogP contribution in [0, 0.1) is 29.1 Å². The van der Waals surface area contributed by atoms with Gasteiger partial charge in [0.2, 0.25) is 0 Å². The highest BCUT2D eigenvalue weighted by molar-refractivity contribution is 5.33. The van der Waals surface area contributed by atoms with Crippen molar-refractivity contribution >= 4 is 0 Å². The molecule has 0 aliphatic heterocycles. The molecule has 2 fully saturated rings. The fourth-order valence-electron chi connectivity index (χ4n) is 6.64. The van der Waals surface area contributed by atoms with Crippen LogP contribution in [-0.2, 0) is 6.42 Å². The second kappa shape index (κ2) is 14.8. The van der Waals surface area contributed by atoms with E-state index >= 15 is 0 Å². The summed E-state index contributed by atoms with van der Waals surface area (Å²) < 4.78 is 0. The molecule has 33 heavy (non-hydrogen) atoms. The highest BCUT2D eigenvalue weighted by Gasteiger charge is 2.31. The average Bonchev–Trinajstić information content (AvgIpc) is 2.87. The Morgan fingerprint density at radius 1 is 0.758 bits per heavy atom. The molecule has 1 heterocycles. The summed E-state index contributed by atoms with van der Waals surface area (Å²) in [6, 6.07) is 6.88. The quantitative estimate of drug-likeness (QED) is 0.280. The zero-order valence-electron chi connectivity index (χ0n) is 21.8. The van der Waals surface area contributed by atoms with Crippen LogP contribution in [0.3, 0.4) is 0 Å². The van der Waals surface area contributed by atoms with Crippen LogP contribution >= 0.6 is 0 Å². The lowest BCUT2D eigenvalue weighted by Crippen LogP contribution is -2.25. The molecule has 2 saturated carbocycles. The van der Waals surface area contributed by atoms with Crippen molar-refractivity contribution in [2.24, 2.45) is 17.8 Å². The van der Waals surface area contributed by atoms with Gasteiger partial charge in [-0.05, 0) is 80.8 Å². The molecule has 0 amide bonds. The number of nitrogens with zero attached hydrogens (tertiary/aromatic N) is 2. The van der Waals surface area contributed by atoms with Crippen molar-refractivity contribution in [2.75, 3.05) is 0 Å². The Hall–Kier alpha value is -1.36. The molecule has 2 nitrogen and oxygen atoms in total. The molecule has 2 heteroatoms. The highest BCUT2D eigenvalue weighted by Crippen LogP contribution is 2.44. The Labute approximate surface area is 205 Å². The fourth-order valence-corrected chi connectivity index (χ4v) is 6.64. The van der Waals surface area contributed by atoms with Crippen LogP contribution in [0.2, 0.25) is 0 Å². The molecule has 2 aliphatic carbocycles. The summed E-state index contributed by atoms with van der Waals surface area (Å²) in [5.74, 6) is 3.52. The van der Waals surface area contributed by atoms with Crippen molar-refractivity contribution in [2.45, 2.75) is 142 Å². The Morgan fingerprint density at radius 3 is 2.03 bits per heavy atom. The third-order valence-electron chi connectivity index (χ3n) is 8.87. The molecule has 184 valence electrons. The van der Waals surface area contributed by atoms with E-state index in [0.29, 0.717) is 11.6 Å². The third kappa shape index (κ3) is 8.42. The van der Waals surface area contributed by atoms with Gasteiger partial charge in [0.05, 0.1) is 0 Å². The van der Waals surface area contributed by atoms with Gasteiger partial charge in [-0.25, -0.2) is 4.98 Å². The zero-order valence-corrected chi connectivity index (χ0v) is 21.8. The molecule has 0 unspecified atom stereocenters. The molecular formula is C31H50N2. The van der Waals surface area contributed by atoms with Crippen molar-refractivity contribution in [1.82, 2.24) is 4.98 Å². The Kier molecular flexibility index (Phi) is 11.8. The summed E-state index contributed by atoms with van der Waals surface area (Å²) in [6.07, 6.45) is 25.7. The van der Waals surface area contributed by atoms with Gasteiger partial charge in [-0.1, -0.05) is 90.5 Å². The Balaban J connectivity index is 1.41. The minimum absolute atomic E-state index is 0.571. The van der Waals surface area contributed by atoms with Crippen LogP contribution < -0.4 is 0 Å². The molecule has 1 aromatic heterocycles. The summed E-state index contributed by atoms with van der Waals surface area (Å²) in [7, 11) is 0. The van der Waals surface area contributed by atoms with E-state index in [1.54, 1.807) is 0 Å². The molecule has 0 bridgehead atoms. The first-order chi connectivity index (χ1) is 16.2. The van der Waals surface area contributed by atoms with Crippen LogP contribution in [0.1, 0.15) is 152 Å². The SMILES string of the molecule is CCCCCCCCc1ccc(C2CCC(C3CCC(CCCCC)CC3)CC2)nc1C#N. The number of rotatable bonds is 13. The van der Waals surface area contributed by atoms with E-state index < -0.39 is 0 Å². The van der Waals surface area contributed by atoms with Crippen LogP contribution in [0.5, 0.6) is 0 Å². The summed E-state index contributed by atoms with van der Waals surface area (Å²) in [5.41, 5.74) is 3.06. The van der Waals surface area contributed by atoms with Gasteiger partial charge in [-0.3, -0.25) is 0 Å². The number of aryl methyl sites for hydroxylation is 1. The maximum atomic E-state index is 9.70. The summed E-state index contributed by atoms with van der Waals surface area (Å²) in [5, 5.41) is 9.70. The van der Waals surface area contributed by atoms with Crippen molar-refractivity contribution in [3.63, 3.8) is 0 Å². The lowest BCUT2D eigenvalue weighted by Gasteiger charge is -2.38. The highest BCUT2D eigenvalue weighted by atomic mass is 14.7. The van der Waals surface area contributed by atoms with Crippen molar-refractivity contribution in [3.8, 4) is 6.07 Å². The van der Waals surface area contributed by atoms with Crippen molar-refractivity contribution < 1.29 is 0 Å². The molecule has 0 atom stereocenters. The van der Waals surface area contributed by atoms with Crippen LogP contribution in [0.15, 0.2) is 12.1 Å². The molecular weight excluding hydrogens is 400 g/mol. The lowest BCUT2D eigenvalue weighted by molar-refractivity contribution is 0.155. The lowest BCUT2D eigenvalue weighted by atomic mass is 9.68. The number of unbranched alkanes of at least 4 members (excludes halogenated alkanes) is 7. The van der Waals surface area contributed by atoms with E-state index in [9.17, 15) is 5.26 Å². The minimum Gasteiger partial charge on any atom is -0.242 e. The number of hydrogen-bond acceptors (Lipinski definition) is 2. The molecule has 0 N–H and O–H groups in total. The van der Waals surface area contributed by atoms with E-state index in [1.807, 2.05) is 0 Å². The van der Waals surface area contributed by atoms with E-state index in [1.165, 1.54) is 127 Å². The molecule has 0 saturated heterocycles. The van der Waals surface area contributed by atoms with Crippen LogP contribution in [0.25, 0.3) is 0 Å². The fraction of sp³-hybridized carbons (Fsp3) is 0.806. The number of nitriles is 1. The first-order valence-electron chi connectivity index (χ1n) is 14.6. The predicted molar refractivity (Wildman–Crippen MR) is 140 cm³/mol. The molecule has 1 aromatic rings. The molecule has 2 aliphatic rings. The van der Waals surface area contributed by atoms with E-state index in [2.05, 4.69) is 32.0 Å². The summed E-state index contributed by atoms with van der Waals surface area (Å²) in [6.45, 7) is 4.58. The van der Waals surface area contributed by atoms with Gasteiger partial charge in [0.15, 0.2) is 0 Å². The number of aromatic nitrogens is 1. The first kappa shape index (κ1) is 26.2. The maximum Gasteiger partial charge on any atom is 0.143 e. The third-order valence-corrected chi connectivity index (χ3v) is 8.87. The molecule has 0 aromatic carbocycles.